The van der Waals surface area contributed by atoms with Crippen molar-refractivity contribution >= 4 is 22.1 Å². The molecule has 0 spiro atoms. The van der Waals surface area contributed by atoms with E-state index in [1.165, 1.54) is 6.08 Å². The lowest BCUT2D eigenvalue weighted by molar-refractivity contribution is -0.148. The molecule has 0 saturated heterocycles. The van der Waals surface area contributed by atoms with Crippen molar-refractivity contribution < 1.29 is 22.4 Å². The summed E-state index contributed by atoms with van der Waals surface area (Å²) in [5.74, 6) is -0.342. The molecular formula is C22H23N3O5S. The molecule has 1 unspecified atom stereocenters. The van der Waals surface area contributed by atoms with Crippen molar-refractivity contribution in [2.75, 3.05) is 6.54 Å². The van der Waals surface area contributed by atoms with Crippen LogP contribution in [0.5, 0.6) is 0 Å². The standard InChI is InChI=1S/C22H23N3O5S/c1-15-7-9-18(10-8-15)11-12-31(27,28)23-14-20(26)29-17(3)21-24-25-22(30-21)19-6-4-5-16(2)13-19/h4-13,17,23H,14H2,1-3H3/b12-11+. The van der Waals surface area contributed by atoms with E-state index in [0.29, 0.717) is 5.89 Å². The van der Waals surface area contributed by atoms with E-state index in [2.05, 4.69) is 14.9 Å². The fourth-order valence-electron chi connectivity index (χ4n) is 2.64. The van der Waals surface area contributed by atoms with Gasteiger partial charge in [0.15, 0.2) is 6.10 Å². The number of hydrogen-bond donors (Lipinski definition) is 1. The van der Waals surface area contributed by atoms with Crippen LogP contribution in [0.3, 0.4) is 0 Å². The first-order valence-corrected chi connectivity index (χ1v) is 11.1. The number of aromatic nitrogens is 2. The zero-order valence-corrected chi connectivity index (χ0v) is 18.2. The summed E-state index contributed by atoms with van der Waals surface area (Å²) in [4.78, 5) is 12.0. The summed E-state index contributed by atoms with van der Waals surface area (Å²) >= 11 is 0. The molecule has 9 heteroatoms. The molecule has 1 aromatic heterocycles. The highest BCUT2D eigenvalue weighted by Crippen LogP contribution is 2.23. The summed E-state index contributed by atoms with van der Waals surface area (Å²) in [5.41, 5.74) is 3.60. The monoisotopic (exact) mass is 441 g/mol. The topological polar surface area (TPSA) is 111 Å². The molecule has 31 heavy (non-hydrogen) atoms. The fourth-order valence-corrected chi connectivity index (χ4v) is 3.39. The Morgan fingerprint density at radius 3 is 2.58 bits per heavy atom. The second kappa shape index (κ2) is 9.67. The summed E-state index contributed by atoms with van der Waals surface area (Å²) in [6.07, 6.45) is 0.618. The van der Waals surface area contributed by atoms with Crippen LogP contribution in [0.2, 0.25) is 0 Å². The largest absolute Gasteiger partial charge is 0.452 e. The number of esters is 1. The van der Waals surface area contributed by atoms with Gasteiger partial charge in [0.2, 0.25) is 15.9 Å². The van der Waals surface area contributed by atoms with Gasteiger partial charge in [-0.1, -0.05) is 47.5 Å². The van der Waals surface area contributed by atoms with Crippen molar-refractivity contribution in [2.45, 2.75) is 26.9 Å². The average molecular weight is 442 g/mol. The van der Waals surface area contributed by atoms with E-state index in [0.717, 1.165) is 27.7 Å². The molecule has 1 atom stereocenters. The van der Waals surface area contributed by atoms with Gasteiger partial charge in [-0.25, -0.2) is 13.1 Å². The minimum atomic E-state index is -3.80. The van der Waals surface area contributed by atoms with Gasteiger partial charge in [0, 0.05) is 11.0 Å². The van der Waals surface area contributed by atoms with Crippen LogP contribution >= 0.6 is 0 Å². The third-order valence-electron chi connectivity index (χ3n) is 4.30. The average Bonchev–Trinajstić information content (AvgIpc) is 3.23. The number of carbonyl (C=O) groups is 1. The zero-order valence-electron chi connectivity index (χ0n) is 17.4. The Bertz CT molecular complexity index is 1180. The summed E-state index contributed by atoms with van der Waals surface area (Å²) in [6.45, 7) is 4.93. The zero-order chi connectivity index (χ0) is 22.4. The molecule has 0 aliphatic rings. The first-order chi connectivity index (χ1) is 14.7. The predicted molar refractivity (Wildman–Crippen MR) is 116 cm³/mol. The maximum atomic E-state index is 12.1. The molecule has 162 valence electrons. The van der Waals surface area contributed by atoms with Crippen LogP contribution in [0.25, 0.3) is 17.5 Å². The van der Waals surface area contributed by atoms with Gasteiger partial charge >= 0.3 is 5.97 Å². The van der Waals surface area contributed by atoms with E-state index in [1.54, 1.807) is 19.1 Å². The number of rotatable bonds is 8. The molecule has 1 N–H and O–H groups in total. The van der Waals surface area contributed by atoms with Gasteiger partial charge in [-0.2, -0.15) is 0 Å². The Balaban J connectivity index is 1.53. The highest BCUT2D eigenvalue weighted by atomic mass is 32.2. The van der Waals surface area contributed by atoms with Gasteiger partial charge in [-0.05, 0) is 44.5 Å². The van der Waals surface area contributed by atoms with Gasteiger partial charge in [-0.15, -0.1) is 10.2 Å². The van der Waals surface area contributed by atoms with Crippen molar-refractivity contribution in [1.82, 2.24) is 14.9 Å². The van der Waals surface area contributed by atoms with E-state index in [-0.39, 0.29) is 5.89 Å². The number of aryl methyl sites for hydroxylation is 2. The van der Waals surface area contributed by atoms with E-state index in [9.17, 15) is 13.2 Å². The molecule has 3 aromatic rings. The lowest BCUT2D eigenvalue weighted by atomic mass is 10.1. The maximum absolute atomic E-state index is 12.1. The molecule has 0 aliphatic heterocycles. The third kappa shape index (κ3) is 6.59. The normalized spacial score (nSPS) is 12.7. The Morgan fingerprint density at radius 1 is 1.13 bits per heavy atom. The van der Waals surface area contributed by atoms with Crippen molar-refractivity contribution in [3.8, 4) is 11.5 Å². The lowest BCUT2D eigenvalue weighted by Gasteiger charge is -2.09. The third-order valence-corrected chi connectivity index (χ3v) is 5.34. The molecular weight excluding hydrogens is 418 g/mol. The summed E-state index contributed by atoms with van der Waals surface area (Å²) in [6, 6.07) is 14.9. The summed E-state index contributed by atoms with van der Waals surface area (Å²) in [7, 11) is -3.80. The van der Waals surface area contributed by atoms with E-state index in [1.807, 2.05) is 50.2 Å². The second-order valence-electron chi connectivity index (χ2n) is 7.03. The number of carbonyl (C=O) groups excluding carboxylic acids is 1. The highest BCUT2D eigenvalue weighted by Gasteiger charge is 2.20. The Hall–Kier alpha value is -3.30. The van der Waals surface area contributed by atoms with Gasteiger partial charge in [0.1, 0.15) is 6.54 Å². The van der Waals surface area contributed by atoms with E-state index in [4.69, 9.17) is 9.15 Å². The van der Waals surface area contributed by atoms with Crippen LogP contribution < -0.4 is 4.72 Å². The number of nitrogens with zero attached hydrogens (tertiary/aromatic N) is 2. The molecule has 0 fully saturated rings. The van der Waals surface area contributed by atoms with Crippen LogP contribution in [-0.2, 0) is 19.6 Å². The van der Waals surface area contributed by atoms with Gasteiger partial charge < -0.3 is 9.15 Å². The first kappa shape index (κ1) is 22.4. The van der Waals surface area contributed by atoms with Gasteiger partial charge in [-0.3, -0.25) is 4.79 Å². The molecule has 2 aromatic carbocycles. The van der Waals surface area contributed by atoms with Crippen LogP contribution in [0.1, 0.15) is 35.6 Å². The molecule has 8 nitrogen and oxygen atoms in total. The molecule has 1 heterocycles. The molecule has 0 amide bonds. The molecule has 0 aliphatic carbocycles. The second-order valence-corrected chi connectivity index (χ2v) is 8.68. The highest BCUT2D eigenvalue weighted by molar-refractivity contribution is 7.92. The number of sulfonamides is 1. The quantitative estimate of drug-likeness (QED) is 0.532. The number of ether oxygens (including phenoxy) is 1. The van der Waals surface area contributed by atoms with Crippen molar-refractivity contribution in [3.63, 3.8) is 0 Å². The van der Waals surface area contributed by atoms with Gasteiger partial charge in [0.05, 0.1) is 0 Å². The number of hydrogen-bond acceptors (Lipinski definition) is 7. The van der Waals surface area contributed by atoms with Crippen LogP contribution in [0, 0.1) is 13.8 Å². The summed E-state index contributed by atoms with van der Waals surface area (Å²) in [5, 5.41) is 8.88. The van der Waals surface area contributed by atoms with Crippen LogP contribution in [0.15, 0.2) is 58.4 Å². The molecule has 3 rings (SSSR count). The Morgan fingerprint density at radius 2 is 1.87 bits per heavy atom. The van der Waals surface area contributed by atoms with Crippen LogP contribution in [0.4, 0.5) is 0 Å². The molecule has 0 radical (unpaired) electrons. The minimum absolute atomic E-state index is 0.118. The molecule has 0 bridgehead atoms. The lowest BCUT2D eigenvalue weighted by Crippen LogP contribution is -2.29. The van der Waals surface area contributed by atoms with Crippen LogP contribution in [-0.4, -0.2) is 31.1 Å². The predicted octanol–water partition coefficient (Wildman–Crippen LogP) is 3.55. The SMILES string of the molecule is Cc1ccc(/C=C/S(=O)(=O)NCC(=O)OC(C)c2nnc(-c3cccc(C)c3)o2)cc1. The smallest absolute Gasteiger partial charge is 0.321 e. The molecule has 0 saturated carbocycles. The van der Waals surface area contributed by atoms with Crippen molar-refractivity contribution in [1.29, 1.82) is 0 Å². The van der Waals surface area contributed by atoms with Crippen molar-refractivity contribution in [2.24, 2.45) is 0 Å². The van der Waals surface area contributed by atoms with E-state index < -0.39 is 28.6 Å². The fraction of sp³-hybridized carbons (Fsp3) is 0.227. The minimum Gasteiger partial charge on any atom is -0.452 e. The maximum Gasteiger partial charge on any atom is 0.321 e. The Labute approximate surface area is 181 Å². The van der Waals surface area contributed by atoms with Crippen molar-refractivity contribution in [3.05, 3.63) is 76.5 Å². The first-order valence-electron chi connectivity index (χ1n) is 9.56. The van der Waals surface area contributed by atoms with Gasteiger partial charge in [0.25, 0.3) is 5.89 Å². The summed E-state index contributed by atoms with van der Waals surface area (Å²) < 4.78 is 37.1. The van der Waals surface area contributed by atoms with E-state index >= 15 is 0 Å². The Kier molecular flexibility index (Phi) is 6.98. The number of benzene rings is 2. The number of nitrogens with one attached hydrogen (secondary N) is 1.